The summed E-state index contributed by atoms with van der Waals surface area (Å²) in [6.07, 6.45) is 1.22. The van der Waals surface area contributed by atoms with Crippen LogP contribution >= 0.6 is 11.8 Å². The van der Waals surface area contributed by atoms with Crippen LogP contribution < -0.4 is 5.32 Å². The van der Waals surface area contributed by atoms with Crippen molar-refractivity contribution in [1.29, 1.82) is 0 Å². The SMILES string of the molecule is Oc1cccc(SC2CCNC2)c1. The molecule has 0 amide bonds. The normalized spacial score (nSPS) is 22.0. The van der Waals surface area contributed by atoms with Crippen molar-refractivity contribution in [3.63, 3.8) is 0 Å². The topological polar surface area (TPSA) is 32.3 Å². The first-order valence-electron chi connectivity index (χ1n) is 4.51. The average Bonchev–Trinajstić information content (AvgIpc) is 2.57. The zero-order valence-electron chi connectivity index (χ0n) is 7.36. The summed E-state index contributed by atoms with van der Waals surface area (Å²) in [6, 6.07) is 7.46. The van der Waals surface area contributed by atoms with Crippen LogP contribution in [0.25, 0.3) is 0 Å². The smallest absolute Gasteiger partial charge is 0.116 e. The summed E-state index contributed by atoms with van der Waals surface area (Å²) < 4.78 is 0. The summed E-state index contributed by atoms with van der Waals surface area (Å²) >= 11 is 1.84. The largest absolute Gasteiger partial charge is 0.508 e. The zero-order chi connectivity index (χ0) is 9.10. The molecule has 0 aliphatic carbocycles. The number of aromatic hydroxyl groups is 1. The van der Waals surface area contributed by atoms with Crippen LogP contribution in [0, 0.1) is 0 Å². The lowest BCUT2D eigenvalue weighted by Crippen LogP contribution is -2.09. The van der Waals surface area contributed by atoms with Crippen molar-refractivity contribution in [2.24, 2.45) is 0 Å². The van der Waals surface area contributed by atoms with E-state index in [1.54, 1.807) is 6.07 Å². The number of hydrogen-bond acceptors (Lipinski definition) is 3. The van der Waals surface area contributed by atoms with Crippen LogP contribution in [-0.2, 0) is 0 Å². The second-order valence-electron chi connectivity index (χ2n) is 3.23. The lowest BCUT2D eigenvalue weighted by molar-refractivity contribution is 0.474. The monoisotopic (exact) mass is 195 g/mol. The molecule has 0 spiro atoms. The molecule has 1 fully saturated rings. The van der Waals surface area contributed by atoms with Crippen molar-refractivity contribution in [2.45, 2.75) is 16.6 Å². The summed E-state index contributed by atoms with van der Waals surface area (Å²) in [7, 11) is 0. The Bertz CT molecular complexity index is 284. The van der Waals surface area contributed by atoms with E-state index in [9.17, 15) is 5.11 Å². The standard InChI is InChI=1S/C10H13NOS/c12-8-2-1-3-9(6-8)13-10-4-5-11-7-10/h1-3,6,10-12H,4-5,7H2. The molecule has 1 aromatic rings. The molecule has 70 valence electrons. The van der Waals surface area contributed by atoms with Crippen molar-refractivity contribution >= 4 is 11.8 Å². The first kappa shape index (κ1) is 8.91. The van der Waals surface area contributed by atoms with Gasteiger partial charge in [0, 0.05) is 16.7 Å². The summed E-state index contributed by atoms with van der Waals surface area (Å²) in [6.45, 7) is 2.21. The lowest BCUT2D eigenvalue weighted by atomic mass is 10.3. The van der Waals surface area contributed by atoms with Crippen molar-refractivity contribution in [1.82, 2.24) is 5.32 Å². The Balaban J connectivity index is 2.00. The lowest BCUT2D eigenvalue weighted by Gasteiger charge is -2.07. The molecule has 1 aromatic carbocycles. The van der Waals surface area contributed by atoms with Gasteiger partial charge in [-0.05, 0) is 31.2 Å². The Labute approximate surface area is 82.4 Å². The highest BCUT2D eigenvalue weighted by Crippen LogP contribution is 2.28. The number of phenols is 1. The van der Waals surface area contributed by atoms with Crippen molar-refractivity contribution in [3.8, 4) is 5.75 Å². The second kappa shape index (κ2) is 4.03. The minimum atomic E-state index is 0.357. The van der Waals surface area contributed by atoms with Gasteiger partial charge in [-0.2, -0.15) is 0 Å². The van der Waals surface area contributed by atoms with Gasteiger partial charge in [0.1, 0.15) is 5.75 Å². The Kier molecular flexibility index (Phi) is 2.76. The van der Waals surface area contributed by atoms with E-state index in [0.29, 0.717) is 11.0 Å². The fraction of sp³-hybridized carbons (Fsp3) is 0.400. The summed E-state index contributed by atoms with van der Waals surface area (Å²) in [4.78, 5) is 1.16. The fourth-order valence-corrected chi connectivity index (χ4v) is 2.65. The van der Waals surface area contributed by atoms with E-state index in [-0.39, 0.29) is 0 Å². The first-order chi connectivity index (χ1) is 6.34. The highest BCUT2D eigenvalue weighted by Gasteiger charge is 2.15. The summed E-state index contributed by atoms with van der Waals surface area (Å²) in [5.74, 6) is 0.357. The number of benzene rings is 1. The van der Waals surface area contributed by atoms with Gasteiger partial charge in [-0.25, -0.2) is 0 Å². The molecule has 2 rings (SSSR count). The molecule has 13 heavy (non-hydrogen) atoms. The van der Waals surface area contributed by atoms with Crippen LogP contribution in [0.1, 0.15) is 6.42 Å². The Morgan fingerprint density at radius 1 is 1.46 bits per heavy atom. The maximum atomic E-state index is 9.26. The number of phenolic OH excluding ortho intramolecular Hbond substituents is 1. The fourth-order valence-electron chi connectivity index (χ4n) is 1.48. The maximum absolute atomic E-state index is 9.26. The molecular weight excluding hydrogens is 182 g/mol. The third-order valence-corrected chi connectivity index (χ3v) is 3.40. The molecule has 0 saturated carbocycles. The highest BCUT2D eigenvalue weighted by molar-refractivity contribution is 8.00. The molecule has 1 aliphatic heterocycles. The predicted molar refractivity (Wildman–Crippen MR) is 55.2 cm³/mol. The van der Waals surface area contributed by atoms with E-state index in [1.807, 2.05) is 30.0 Å². The molecular formula is C10H13NOS. The molecule has 1 unspecified atom stereocenters. The molecule has 1 aliphatic rings. The van der Waals surface area contributed by atoms with Gasteiger partial charge < -0.3 is 10.4 Å². The van der Waals surface area contributed by atoms with Gasteiger partial charge >= 0.3 is 0 Å². The summed E-state index contributed by atoms with van der Waals surface area (Å²) in [5, 5.41) is 13.3. The van der Waals surface area contributed by atoms with Gasteiger partial charge in [-0.1, -0.05) is 6.07 Å². The van der Waals surface area contributed by atoms with E-state index in [0.717, 1.165) is 18.0 Å². The highest BCUT2D eigenvalue weighted by atomic mass is 32.2. The van der Waals surface area contributed by atoms with Crippen molar-refractivity contribution in [3.05, 3.63) is 24.3 Å². The van der Waals surface area contributed by atoms with Crippen molar-refractivity contribution < 1.29 is 5.11 Å². The van der Waals surface area contributed by atoms with Gasteiger partial charge in [-0.3, -0.25) is 0 Å². The van der Waals surface area contributed by atoms with Crippen LogP contribution in [-0.4, -0.2) is 23.4 Å². The molecule has 2 nitrogen and oxygen atoms in total. The summed E-state index contributed by atoms with van der Waals surface area (Å²) in [5.41, 5.74) is 0. The molecule has 0 aromatic heterocycles. The molecule has 3 heteroatoms. The first-order valence-corrected chi connectivity index (χ1v) is 5.39. The van der Waals surface area contributed by atoms with E-state index < -0.39 is 0 Å². The van der Waals surface area contributed by atoms with Crippen LogP contribution in [0.2, 0.25) is 0 Å². The van der Waals surface area contributed by atoms with E-state index in [4.69, 9.17) is 0 Å². The number of rotatable bonds is 2. The molecule has 1 heterocycles. The van der Waals surface area contributed by atoms with E-state index in [2.05, 4.69) is 5.32 Å². The Morgan fingerprint density at radius 3 is 3.08 bits per heavy atom. The minimum absolute atomic E-state index is 0.357. The van der Waals surface area contributed by atoms with Crippen LogP contribution in [0.5, 0.6) is 5.75 Å². The van der Waals surface area contributed by atoms with Gasteiger partial charge in [-0.15, -0.1) is 11.8 Å². The number of hydrogen-bond donors (Lipinski definition) is 2. The van der Waals surface area contributed by atoms with Crippen LogP contribution in [0.4, 0.5) is 0 Å². The molecule has 1 saturated heterocycles. The Morgan fingerprint density at radius 2 is 2.38 bits per heavy atom. The average molecular weight is 195 g/mol. The van der Waals surface area contributed by atoms with E-state index in [1.165, 1.54) is 6.42 Å². The quantitative estimate of drug-likeness (QED) is 0.755. The third kappa shape index (κ3) is 2.39. The zero-order valence-corrected chi connectivity index (χ0v) is 8.18. The molecule has 0 radical (unpaired) electrons. The predicted octanol–water partition coefficient (Wildman–Crippen LogP) is 1.85. The molecule has 2 N–H and O–H groups in total. The van der Waals surface area contributed by atoms with Gasteiger partial charge in [0.05, 0.1) is 0 Å². The number of thioether (sulfide) groups is 1. The number of nitrogens with one attached hydrogen (secondary N) is 1. The Hall–Kier alpha value is -0.670. The van der Waals surface area contributed by atoms with Gasteiger partial charge in [0.2, 0.25) is 0 Å². The maximum Gasteiger partial charge on any atom is 0.116 e. The van der Waals surface area contributed by atoms with Crippen LogP contribution in [0.15, 0.2) is 29.2 Å². The van der Waals surface area contributed by atoms with Gasteiger partial charge in [0.25, 0.3) is 0 Å². The third-order valence-electron chi connectivity index (χ3n) is 2.14. The minimum Gasteiger partial charge on any atom is -0.508 e. The second-order valence-corrected chi connectivity index (χ2v) is 4.60. The van der Waals surface area contributed by atoms with E-state index >= 15 is 0 Å². The van der Waals surface area contributed by atoms with Crippen LogP contribution in [0.3, 0.4) is 0 Å². The molecule has 0 bridgehead atoms. The van der Waals surface area contributed by atoms with Crippen molar-refractivity contribution in [2.75, 3.05) is 13.1 Å². The van der Waals surface area contributed by atoms with Gasteiger partial charge in [0.15, 0.2) is 0 Å². The molecule has 1 atom stereocenters.